The third kappa shape index (κ3) is 2.91. The first-order valence-electron chi connectivity index (χ1n) is 7.51. The number of pyridine rings is 1. The lowest BCUT2D eigenvalue weighted by atomic mass is 9.83. The van der Waals surface area contributed by atoms with Gasteiger partial charge in [-0.2, -0.15) is 0 Å². The molecule has 2 nitrogen and oxygen atoms in total. The van der Waals surface area contributed by atoms with Crippen LogP contribution < -0.4 is 0 Å². The second-order valence-electron chi connectivity index (χ2n) is 5.64. The van der Waals surface area contributed by atoms with Crippen LogP contribution in [0.3, 0.4) is 0 Å². The normalized spacial score (nSPS) is 19.4. The molecule has 0 amide bonds. The summed E-state index contributed by atoms with van der Waals surface area (Å²) in [6, 6.07) is 14.2. The topological polar surface area (TPSA) is 33.1 Å². The van der Waals surface area contributed by atoms with Crippen molar-refractivity contribution in [2.45, 2.75) is 44.1 Å². The Bertz CT molecular complexity index is 552. The molecule has 0 spiro atoms. The number of rotatable bonds is 4. The molecule has 1 aliphatic rings. The van der Waals surface area contributed by atoms with Crippen LogP contribution in [0.25, 0.3) is 0 Å². The number of aliphatic hydroxyl groups excluding tert-OH is 1. The summed E-state index contributed by atoms with van der Waals surface area (Å²) in [5.74, 6) is 0.512. The van der Waals surface area contributed by atoms with Crippen molar-refractivity contribution < 1.29 is 5.11 Å². The largest absolute Gasteiger partial charge is 0.388 e. The highest BCUT2D eigenvalue weighted by Gasteiger charge is 2.22. The highest BCUT2D eigenvalue weighted by molar-refractivity contribution is 5.26. The molecular formula is C18H21NO. The fraction of sp³-hybridized carbons (Fsp3) is 0.389. The average molecular weight is 267 g/mol. The molecule has 1 aromatic heterocycles. The molecule has 3 rings (SSSR count). The van der Waals surface area contributed by atoms with E-state index in [4.69, 9.17) is 0 Å². The average Bonchev–Trinajstić information content (AvgIpc) is 2.53. The Hall–Kier alpha value is -1.67. The second-order valence-corrected chi connectivity index (χ2v) is 5.64. The van der Waals surface area contributed by atoms with Gasteiger partial charge < -0.3 is 5.11 Å². The molecule has 0 saturated carbocycles. The first kappa shape index (κ1) is 13.3. The molecule has 104 valence electrons. The van der Waals surface area contributed by atoms with E-state index in [-0.39, 0.29) is 6.10 Å². The zero-order valence-electron chi connectivity index (χ0n) is 11.7. The van der Waals surface area contributed by atoms with E-state index in [2.05, 4.69) is 11.1 Å². The number of nitrogens with zero attached hydrogens (tertiary/aromatic N) is 1. The Morgan fingerprint density at radius 2 is 2.00 bits per heavy atom. The first-order chi connectivity index (χ1) is 9.84. The van der Waals surface area contributed by atoms with Crippen LogP contribution >= 0.6 is 0 Å². The molecule has 1 aliphatic carbocycles. The quantitative estimate of drug-likeness (QED) is 0.907. The Labute approximate surface area is 120 Å². The Morgan fingerprint density at radius 3 is 2.85 bits per heavy atom. The van der Waals surface area contributed by atoms with Gasteiger partial charge in [-0.25, -0.2) is 0 Å². The van der Waals surface area contributed by atoms with Crippen LogP contribution in [0.1, 0.15) is 54.5 Å². The van der Waals surface area contributed by atoms with Crippen LogP contribution in [0, 0.1) is 0 Å². The Balaban J connectivity index is 1.65. The van der Waals surface area contributed by atoms with Gasteiger partial charge in [-0.1, -0.05) is 36.4 Å². The molecule has 0 aliphatic heterocycles. The minimum absolute atomic E-state index is 0.356. The maximum Gasteiger partial charge on any atom is 0.0790 e. The number of hydrogen-bond donors (Lipinski definition) is 1. The van der Waals surface area contributed by atoms with Crippen LogP contribution in [-0.4, -0.2) is 10.1 Å². The van der Waals surface area contributed by atoms with E-state index < -0.39 is 0 Å². The molecular weight excluding hydrogens is 246 g/mol. The van der Waals surface area contributed by atoms with Crippen molar-refractivity contribution in [3.63, 3.8) is 0 Å². The van der Waals surface area contributed by atoms with Gasteiger partial charge in [0.1, 0.15) is 0 Å². The molecule has 1 N–H and O–H groups in total. The first-order valence-corrected chi connectivity index (χ1v) is 7.51. The summed E-state index contributed by atoms with van der Waals surface area (Å²) in [7, 11) is 0. The van der Waals surface area contributed by atoms with Gasteiger partial charge in [-0.3, -0.25) is 4.98 Å². The van der Waals surface area contributed by atoms with E-state index in [1.54, 1.807) is 0 Å². The lowest BCUT2D eigenvalue weighted by Crippen LogP contribution is -2.13. The molecule has 2 aromatic rings. The van der Waals surface area contributed by atoms with Gasteiger partial charge in [0, 0.05) is 17.8 Å². The van der Waals surface area contributed by atoms with Crippen LogP contribution in [0.5, 0.6) is 0 Å². The Morgan fingerprint density at radius 1 is 1.15 bits per heavy atom. The van der Waals surface area contributed by atoms with Crippen LogP contribution in [0.2, 0.25) is 0 Å². The summed E-state index contributed by atoms with van der Waals surface area (Å²) in [4.78, 5) is 4.57. The highest BCUT2D eigenvalue weighted by atomic mass is 16.3. The minimum Gasteiger partial charge on any atom is -0.388 e. The second kappa shape index (κ2) is 6.19. The number of aliphatic hydroxyl groups is 1. The van der Waals surface area contributed by atoms with Crippen molar-refractivity contribution in [2.75, 3.05) is 0 Å². The number of fused-ring (bicyclic) bond motifs is 1. The summed E-state index contributed by atoms with van der Waals surface area (Å²) in [6.07, 6.45) is 6.96. The van der Waals surface area contributed by atoms with Gasteiger partial charge in [-0.05, 0) is 49.3 Å². The maximum absolute atomic E-state index is 10.3. The van der Waals surface area contributed by atoms with Gasteiger partial charge in [0.05, 0.1) is 6.10 Å². The molecule has 0 saturated heterocycles. The molecule has 1 aromatic carbocycles. The fourth-order valence-corrected chi connectivity index (χ4v) is 3.19. The number of benzene rings is 1. The van der Waals surface area contributed by atoms with Crippen molar-refractivity contribution in [1.29, 1.82) is 0 Å². The van der Waals surface area contributed by atoms with Crippen molar-refractivity contribution in [3.8, 4) is 0 Å². The fourth-order valence-electron chi connectivity index (χ4n) is 3.19. The number of aryl methyl sites for hydroxylation is 1. The van der Waals surface area contributed by atoms with Gasteiger partial charge in [-0.15, -0.1) is 0 Å². The van der Waals surface area contributed by atoms with E-state index in [0.29, 0.717) is 5.92 Å². The molecule has 0 radical (unpaired) electrons. The standard InChI is InChI=1S/C18H21NO/c20-17(14-6-2-1-3-7-14)12-11-16-9-4-8-15-10-5-13-19-18(15)16/h1-3,5-7,10,13,16-17,20H,4,8-9,11-12H2. The molecule has 20 heavy (non-hydrogen) atoms. The van der Waals surface area contributed by atoms with E-state index in [0.717, 1.165) is 24.8 Å². The van der Waals surface area contributed by atoms with Crippen molar-refractivity contribution in [2.24, 2.45) is 0 Å². The molecule has 2 unspecified atom stereocenters. The highest BCUT2D eigenvalue weighted by Crippen LogP contribution is 2.35. The third-order valence-electron chi connectivity index (χ3n) is 4.28. The molecule has 2 atom stereocenters. The van der Waals surface area contributed by atoms with E-state index in [1.165, 1.54) is 24.1 Å². The number of aromatic nitrogens is 1. The van der Waals surface area contributed by atoms with Crippen LogP contribution in [0.15, 0.2) is 48.7 Å². The molecule has 0 fully saturated rings. The predicted molar refractivity (Wildman–Crippen MR) is 80.6 cm³/mol. The number of hydrogen-bond acceptors (Lipinski definition) is 2. The summed E-state index contributed by atoms with van der Waals surface area (Å²) < 4.78 is 0. The van der Waals surface area contributed by atoms with Crippen molar-refractivity contribution in [1.82, 2.24) is 4.98 Å². The predicted octanol–water partition coefficient (Wildman–Crippen LogP) is 4.02. The Kier molecular flexibility index (Phi) is 4.12. The van der Waals surface area contributed by atoms with E-state index in [1.807, 2.05) is 42.6 Å². The zero-order valence-corrected chi connectivity index (χ0v) is 11.7. The van der Waals surface area contributed by atoms with Crippen LogP contribution in [0.4, 0.5) is 0 Å². The van der Waals surface area contributed by atoms with Crippen molar-refractivity contribution >= 4 is 0 Å². The molecule has 2 heteroatoms. The lowest BCUT2D eigenvalue weighted by molar-refractivity contribution is 0.160. The van der Waals surface area contributed by atoms with Crippen molar-refractivity contribution in [3.05, 3.63) is 65.5 Å². The summed E-state index contributed by atoms with van der Waals surface area (Å²) in [5.41, 5.74) is 3.68. The molecule has 0 bridgehead atoms. The van der Waals surface area contributed by atoms with E-state index >= 15 is 0 Å². The van der Waals surface area contributed by atoms with E-state index in [9.17, 15) is 5.11 Å². The monoisotopic (exact) mass is 267 g/mol. The zero-order chi connectivity index (χ0) is 13.8. The van der Waals surface area contributed by atoms with Gasteiger partial charge >= 0.3 is 0 Å². The molecule has 1 heterocycles. The van der Waals surface area contributed by atoms with Gasteiger partial charge in [0.2, 0.25) is 0 Å². The van der Waals surface area contributed by atoms with Gasteiger partial charge in [0.15, 0.2) is 0 Å². The SMILES string of the molecule is OC(CCC1CCCc2cccnc21)c1ccccc1. The summed E-state index contributed by atoms with van der Waals surface area (Å²) in [6.45, 7) is 0. The van der Waals surface area contributed by atoms with Gasteiger partial charge in [0.25, 0.3) is 0 Å². The summed E-state index contributed by atoms with van der Waals surface area (Å²) >= 11 is 0. The van der Waals surface area contributed by atoms with Crippen LogP contribution in [-0.2, 0) is 6.42 Å². The minimum atomic E-state index is -0.356. The lowest BCUT2D eigenvalue weighted by Gasteiger charge is -2.25. The maximum atomic E-state index is 10.3. The smallest absolute Gasteiger partial charge is 0.0790 e. The summed E-state index contributed by atoms with van der Waals surface area (Å²) in [5, 5.41) is 10.3. The third-order valence-corrected chi connectivity index (χ3v) is 4.28.